The van der Waals surface area contributed by atoms with E-state index in [1.54, 1.807) is 57.5 Å². The number of rotatable bonds is 4. The van der Waals surface area contributed by atoms with Crippen molar-refractivity contribution < 1.29 is 4.79 Å². The molecule has 1 amide bonds. The summed E-state index contributed by atoms with van der Waals surface area (Å²) in [6.45, 7) is 2.31. The zero-order valence-electron chi connectivity index (χ0n) is 16.0. The largest absolute Gasteiger partial charge is 0.334 e. The summed E-state index contributed by atoms with van der Waals surface area (Å²) in [5, 5.41) is 13.4. The molecule has 9 nitrogen and oxygen atoms in total. The monoisotopic (exact) mass is 398 g/mol. The topological polar surface area (TPSA) is 86.1 Å². The molecule has 0 aliphatic heterocycles. The van der Waals surface area contributed by atoms with Gasteiger partial charge < -0.3 is 4.90 Å². The summed E-state index contributed by atoms with van der Waals surface area (Å²) < 4.78 is 5.12. The maximum absolute atomic E-state index is 12.9. The first-order chi connectivity index (χ1) is 13.4. The lowest BCUT2D eigenvalue weighted by molar-refractivity contribution is 0.0776. The van der Waals surface area contributed by atoms with E-state index in [2.05, 4.69) is 20.3 Å². The maximum Gasteiger partial charge on any atom is 0.274 e. The molecule has 28 heavy (non-hydrogen) atoms. The smallest absolute Gasteiger partial charge is 0.274 e. The van der Waals surface area contributed by atoms with Crippen molar-refractivity contribution in [1.29, 1.82) is 0 Å². The van der Waals surface area contributed by atoms with Gasteiger partial charge in [0, 0.05) is 44.7 Å². The van der Waals surface area contributed by atoms with Crippen LogP contribution in [0.3, 0.4) is 0 Å². The van der Waals surface area contributed by atoms with Crippen LogP contribution in [-0.4, -0.2) is 52.0 Å². The number of aryl methyl sites for hydroxylation is 2. The molecule has 4 aromatic heterocycles. The fourth-order valence-electron chi connectivity index (χ4n) is 3.06. The van der Waals surface area contributed by atoms with Gasteiger partial charge >= 0.3 is 0 Å². The Balaban J connectivity index is 1.69. The first-order valence-corrected chi connectivity index (χ1v) is 9.00. The number of aromatic nitrogens is 7. The van der Waals surface area contributed by atoms with E-state index in [1.807, 2.05) is 20.0 Å². The van der Waals surface area contributed by atoms with Gasteiger partial charge in [0.25, 0.3) is 5.91 Å². The lowest BCUT2D eigenvalue weighted by Crippen LogP contribution is -2.27. The summed E-state index contributed by atoms with van der Waals surface area (Å²) in [5.41, 5.74) is 4.42. The summed E-state index contributed by atoms with van der Waals surface area (Å²) in [5.74, 6) is -0.225. The molecule has 0 atom stereocenters. The Morgan fingerprint density at radius 1 is 1.21 bits per heavy atom. The highest BCUT2D eigenvalue weighted by atomic mass is 35.5. The minimum Gasteiger partial charge on any atom is -0.334 e. The molecule has 0 saturated carbocycles. The molecular weight excluding hydrogens is 380 g/mol. The molecule has 0 spiro atoms. The summed E-state index contributed by atoms with van der Waals surface area (Å²) in [6.07, 6.45) is 5.04. The fourth-order valence-corrected chi connectivity index (χ4v) is 3.29. The van der Waals surface area contributed by atoms with Gasteiger partial charge in [0.2, 0.25) is 0 Å². The van der Waals surface area contributed by atoms with E-state index in [9.17, 15) is 4.79 Å². The zero-order valence-corrected chi connectivity index (χ0v) is 16.7. The summed E-state index contributed by atoms with van der Waals surface area (Å²) in [4.78, 5) is 18.8. The van der Waals surface area contributed by atoms with Gasteiger partial charge in [0.05, 0.1) is 35.3 Å². The van der Waals surface area contributed by atoms with Gasteiger partial charge in [-0.25, -0.2) is 9.50 Å². The first-order valence-electron chi connectivity index (χ1n) is 8.62. The third-order valence-electron chi connectivity index (χ3n) is 4.83. The Morgan fingerprint density at radius 3 is 2.61 bits per heavy atom. The highest BCUT2D eigenvalue weighted by molar-refractivity contribution is 6.31. The van der Waals surface area contributed by atoms with Gasteiger partial charge in [0.1, 0.15) is 0 Å². The zero-order chi connectivity index (χ0) is 20.0. The molecule has 0 bridgehead atoms. The lowest BCUT2D eigenvalue weighted by atomic mass is 10.2. The van der Waals surface area contributed by atoms with Crippen LogP contribution >= 0.6 is 11.6 Å². The third-order valence-corrected chi connectivity index (χ3v) is 5.15. The summed E-state index contributed by atoms with van der Waals surface area (Å²) in [6, 6.07) is 3.54. The van der Waals surface area contributed by atoms with Crippen molar-refractivity contribution in [1.82, 2.24) is 39.1 Å². The highest BCUT2D eigenvalue weighted by Gasteiger charge is 2.20. The molecule has 0 unspecified atom stereocenters. The number of carbonyl (C=O) groups is 1. The molecule has 0 fully saturated rings. The van der Waals surface area contributed by atoms with Crippen LogP contribution in [-0.2, 0) is 20.6 Å². The minimum absolute atomic E-state index is 0.225. The van der Waals surface area contributed by atoms with Crippen molar-refractivity contribution in [2.75, 3.05) is 7.05 Å². The average molecular weight is 399 g/mol. The van der Waals surface area contributed by atoms with Crippen LogP contribution in [0.15, 0.2) is 30.7 Å². The molecule has 4 heterocycles. The van der Waals surface area contributed by atoms with E-state index >= 15 is 0 Å². The molecular formula is C18H19ClN8O. The van der Waals surface area contributed by atoms with E-state index in [0.717, 1.165) is 22.6 Å². The number of amides is 1. The van der Waals surface area contributed by atoms with E-state index < -0.39 is 0 Å². The molecule has 10 heteroatoms. The number of nitrogens with zero attached hydrogens (tertiary/aromatic N) is 8. The van der Waals surface area contributed by atoms with Crippen LogP contribution in [0.1, 0.15) is 21.9 Å². The Hall–Kier alpha value is -3.20. The first kappa shape index (κ1) is 18.2. The minimum atomic E-state index is -0.225. The van der Waals surface area contributed by atoms with Gasteiger partial charge in [-0.2, -0.15) is 15.3 Å². The molecule has 0 saturated heterocycles. The fraction of sp³-hybridized carbons (Fsp3) is 0.278. The number of carbonyl (C=O) groups excluding carboxylic acids is 1. The van der Waals surface area contributed by atoms with Crippen LogP contribution in [0.2, 0.25) is 5.02 Å². The van der Waals surface area contributed by atoms with Crippen molar-refractivity contribution in [3.8, 4) is 11.3 Å². The molecule has 0 aliphatic carbocycles. The van der Waals surface area contributed by atoms with Gasteiger partial charge in [0.15, 0.2) is 11.3 Å². The normalized spacial score (nSPS) is 11.3. The van der Waals surface area contributed by atoms with E-state index in [0.29, 0.717) is 22.9 Å². The van der Waals surface area contributed by atoms with E-state index in [4.69, 9.17) is 11.6 Å². The van der Waals surface area contributed by atoms with Gasteiger partial charge in [-0.15, -0.1) is 0 Å². The van der Waals surface area contributed by atoms with Crippen molar-refractivity contribution >= 4 is 23.2 Å². The highest BCUT2D eigenvalue weighted by Crippen LogP contribution is 2.23. The van der Waals surface area contributed by atoms with Crippen molar-refractivity contribution in [2.24, 2.45) is 14.1 Å². The van der Waals surface area contributed by atoms with Crippen LogP contribution in [0, 0.1) is 6.92 Å². The van der Waals surface area contributed by atoms with Crippen LogP contribution < -0.4 is 0 Å². The van der Waals surface area contributed by atoms with Crippen molar-refractivity contribution in [2.45, 2.75) is 13.5 Å². The van der Waals surface area contributed by atoms with Crippen molar-refractivity contribution in [3.63, 3.8) is 0 Å². The molecule has 4 aromatic rings. The van der Waals surface area contributed by atoms with Gasteiger partial charge in [-0.3, -0.25) is 14.2 Å². The Bertz CT molecular complexity index is 1170. The van der Waals surface area contributed by atoms with Crippen molar-refractivity contribution in [3.05, 3.63) is 52.8 Å². The molecule has 144 valence electrons. The second-order valence-corrected chi connectivity index (χ2v) is 7.03. The van der Waals surface area contributed by atoms with E-state index in [1.165, 1.54) is 0 Å². The molecule has 0 aromatic carbocycles. The second kappa shape index (κ2) is 6.75. The summed E-state index contributed by atoms with van der Waals surface area (Å²) in [7, 11) is 5.37. The Morgan fingerprint density at radius 2 is 1.96 bits per heavy atom. The molecule has 4 rings (SSSR count). The number of fused-ring (bicyclic) bond motifs is 1. The van der Waals surface area contributed by atoms with Crippen LogP contribution in [0.5, 0.6) is 0 Å². The number of hydrogen-bond acceptors (Lipinski definition) is 5. The average Bonchev–Trinajstić information content (AvgIpc) is 3.35. The Labute approximate surface area is 166 Å². The summed E-state index contributed by atoms with van der Waals surface area (Å²) >= 11 is 6.15. The van der Waals surface area contributed by atoms with Gasteiger partial charge in [-0.1, -0.05) is 11.6 Å². The van der Waals surface area contributed by atoms with Gasteiger partial charge in [-0.05, 0) is 13.0 Å². The predicted octanol–water partition coefficient (Wildman–Crippen LogP) is 2.10. The Kier molecular flexibility index (Phi) is 4.38. The molecule has 0 radical (unpaired) electrons. The second-order valence-electron chi connectivity index (χ2n) is 6.62. The lowest BCUT2D eigenvalue weighted by Gasteiger charge is -2.16. The quantitative estimate of drug-likeness (QED) is 0.525. The number of halogens is 1. The van der Waals surface area contributed by atoms with Crippen LogP contribution in [0.4, 0.5) is 0 Å². The molecule has 0 N–H and O–H groups in total. The van der Waals surface area contributed by atoms with E-state index in [-0.39, 0.29) is 5.91 Å². The van der Waals surface area contributed by atoms with Crippen LogP contribution in [0.25, 0.3) is 16.9 Å². The number of hydrogen-bond donors (Lipinski definition) is 0. The molecule has 0 aliphatic rings. The standard InChI is InChI=1S/C18H19ClN8O/c1-11-12(8-21-25(11)3)15-5-6-20-17-7-14(23-27(15)17)18(28)24(2)10-16-13(19)9-22-26(16)4/h5-9H,10H2,1-4H3. The SMILES string of the molecule is Cc1c(-c2ccnc3cc(C(=O)N(C)Cc4c(Cl)cnn4C)nn23)cnn1C. The predicted molar refractivity (Wildman–Crippen MR) is 104 cm³/mol. The maximum atomic E-state index is 12.9. The third kappa shape index (κ3) is 2.93.